The molecule has 0 aromatic rings. The molecule has 0 radical (unpaired) electrons. The quantitative estimate of drug-likeness (QED) is 0.362. The summed E-state index contributed by atoms with van der Waals surface area (Å²) in [4.78, 5) is 2.27. The molecule has 0 aliphatic heterocycles. The molecule has 0 heterocycles. The van der Waals surface area contributed by atoms with Gasteiger partial charge in [0.1, 0.15) is 0 Å². The minimum absolute atomic E-state index is 0.255. The van der Waals surface area contributed by atoms with Crippen LogP contribution in [-0.4, -0.2) is 8.48 Å². The predicted molar refractivity (Wildman–Crippen MR) is 38.0 cm³/mol. The van der Waals surface area contributed by atoms with Gasteiger partial charge in [-0.25, -0.2) is 0 Å². The summed E-state index contributed by atoms with van der Waals surface area (Å²) in [5, 5.41) is 3.32. The molecule has 0 aliphatic rings. The third-order valence-electron chi connectivity index (χ3n) is 0.983. The van der Waals surface area contributed by atoms with Gasteiger partial charge in [0.25, 0.3) is 0 Å². The van der Waals surface area contributed by atoms with Gasteiger partial charge < -0.3 is 0 Å². The van der Waals surface area contributed by atoms with Crippen molar-refractivity contribution in [3.05, 3.63) is 12.3 Å². The second-order valence-electron chi connectivity index (χ2n) is 2.57. The zero-order chi connectivity index (χ0) is 7.49. The molecule has 0 amide bonds. The van der Waals surface area contributed by atoms with E-state index in [-0.39, 0.29) is 21.2 Å². The Morgan fingerprint density at radius 3 is 2.11 bits per heavy atom. The topological polar surface area (TPSA) is 12.0 Å². The van der Waals surface area contributed by atoms with Crippen LogP contribution in [0.1, 0.15) is 20.8 Å². The molecule has 0 aromatic heterocycles. The van der Waals surface area contributed by atoms with Gasteiger partial charge in [0.15, 0.2) is 0 Å². The van der Waals surface area contributed by atoms with Crippen molar-refractivity contribution in [2.45, 2.75) is 24.3 Å². The fraction of sp³-hybridized carbons (Fsp3) is 0.714. The third kappa shape index (κ3) is 4.75. The van der Waals surface area contributed by atoms with E-state index in [1.807, 2.05) is 6.92 Å². The Kier molecular flexibility index (Phi) is 3.54. The molecule has 0 unspecified atom stereocenters. The van der Waals surface area contributed by atoms with Crippen molar-refractivity contribution in [2.75, 3.05) is 4.93 Å². The molecule has 9 heavy (non-hydrogen) atoms. The molecule has 0 saturated heterocycles. The van der Waals surface area contributed by atoms with E-state index in [0.29, 0.717) is 3.55 Å². The van der Waals surface area contributed by atoms with Crippen molar-refractivity contribution in [1.82, 2.24) is 5.32 Å². The summed E-state index contributed by atoms with van der Waals surface area (Å²) in [6.45, 7) is 10.2. The zero-order valence-corrected chi connectivity index (χ0v) is 8.74. The first-order valence-electron chi connectivity index (χ1n) is 2.92. The Morgan fingerprint density at radius 1 is 1.56 bits per heavy atom. The van der Waals surface area contributed by atoms with Gasteiger partial charge in [-0.3, -0.25) is 0 Å². The van der Waals surface area contributed by atoms with E-state index in [1.165, 1.54) is 0 Å². The van der Waals surface area contributed by atoms with Gasteiger partial charge >= 0.3 is 68.0 Å². The molecule has 0 saturated carbocycles. The number of nitrogens with one attached hydrogen (secondary N) is 1. The molecule has 2 heteroatoms. The molecule has 0 bridgehead atoms. The van der Waals surface area contributed by atoms with Gasteiger partial charge in [0, 0.05) is 0 Å². The van der Waals surface area contributed by atoms with Crippen molar-refractivity contribution in [1.29, 1.82) is 0 Å². The summed E-state index contributed by atoms with van der Waals surface area (Å²) in [7, 11) is 0. The molecule has 1 nitrogen and oxygen atoms in total. The van der Waals surface area contributed by atoms with E-state index in [9.17, 15) is 0 Å². The molecular weight excluding hydrogens is 225 g/mol. The van der Waals surface area contributed by atoms with E-state index in [0.717, 1.165) is 5.70 Å². The molecule has 0 aliphatic carbocycles. The van der Waals surface area contributed by atoms with Crippen molar-refractivity contribution in [2.24, 2.45) is 0 Å². The summed E-state index contributed by atoms with van der Waals surface area (Å²) >= 11 is 0.255. The van der Waals surface area contributed by atoms with E-state index < -0.39 is 0 Å². The Hall–Kier alpha value is 0.270. The molecular formula is C7H15IN-. The SMILES string of the molecule is C=C(C)NC(C)(C)[I-]C. The molecule has 0 aromatic carbocycles. The molecule has 0 spiro atoms. The first-order chi connectivity index (χ1) is 3.98. The van der Waals surface area contributed by atoms with E-state index in [2.05, 4.69) is 30.7 Å². The van der Waals surface area contributed by atoms with Crippen molar-refractivity contribution in [3.63, 3.8) is 0 Å². The van der Waals surface area contributed by atoms with Crippen LogP contribution >= 0.6 is 0 Å². The Bertz CT molecular complexity index is 107. The van der Waals surface area contributed by atoms with Crippen LogP contribution in [0.25, 0.3) is 0 Å². The average molecular weight is 240 g/mol. The molecule has 0 atom stereocenters. The van der Waals surface area contributed by atoms with Crippen LogP contribution < -0.4 is 26.5 Å². The van der Waals surface area contributed by atoms with Crippen LogP contribution in [0, 0.1) is 0 Å². The second-order valence-corrected chi connectivity index (χ2v) is 6.34. The van der Waals surface area contributed by atoms with E-state index in [4.69, 9.17) is 0 Å². The summed E-state index contributed by atoms with van der Waals surface area (Å²) in [5.74, 6) is 0. The monoisotopic (exact) mass is 240 g/mol. The molecule has 56 valence electrons. The normalized spacial score (nSPS) is 11.6. The van der Waals surface area contributed by atoms with Crippen LogP contribution in [0.3, 0.4) is 0 Å². The van der Waals surface area contributed by atoms with Gasteiger partial charge in [-0.1, -0.05) is 0 Å². The van der Waals surface area contributed by atoms with Gasteiger partial charge in [-0.2, -0.15) is 0 Å². The number of hydrogen-bond acceptors (Lipinski definition) is 1. The van der Waals surface area contributed by atoms with Crippen molar-refractivity contribution >= 4 is 0 Å². The number of allylic oxidation sites excluding steroid dienone is 1. The second kappa shape index (κ2) is 3.44. The van der Waals surface area contributed by atoms with Crippen LogP contribution in [-0.2, 0) is 0 Å². The van der Waals surface area contributed by atoms with E-state index >= 15 is 0 Å². The van der Waals surface area contributed by atoms with Crippen molar-refractivity contribution in [3.8, 4) is 0 Å². The summed E-state index contributed by atoms with van der Waals surface area (Å²) in [5.41, 5.74) is 1.07. The maximum atomic E-state index is 3.79. The Balaban J connectivity index is 3.71. The number of hydrogen-bond donors (Lipinski definition) is 1. The maximum absolute atomic E-state index is 3.79. The number of halogens is 1. The fourth-order valence-corrected chi connectivity index (χ4v) is 1.28. The van der Waals surface area contributed by atoms with E-state index in [1.54, 1.807) is 0 Å². The third-order valence-corrected chi connectivity index (χ3v) is 3.95. The zero-order valence-electron chi connectivity index (χ0n) is 6.59. The summed E-state index contributed by atoms with van der Waals surface area (Å²) in [6, 6.07) is 0. The van der Waals surface area contributed by atoms with Crippen LogP contribution in [0.2, 0.25) is 0 Å². The number of rotatable bonds is 3. The minimum atomic E-state index is 0.255. The fourth-order valence-electron chi connectivity index (χ4n) is 0.555. The Labute approximate surface area is 68.2 Å². The van der Waals surface area contributed by atoms with Crippen molar-refractivity contribution < 1.29 is 21.2 Å². The van der Waals surface area contributed by atoms with Crippen LogP contribution in [0.5, 0.6) is 0 Å². The van der Waals surface area contributed by atoms with Crippen LogP contribution in [0.15, 0.2) is 12.3 Å². The first kappa shape index (κ1) is 9.27. The first-order valence-corrected chi connectivity index (χ1v) is 6.16. The van der Waals surface area contributed by atoms with Gasteiger partial charge in [-0.05, 0) is 0 Å². The molecule has 0 rings (SSSR count). The van der Waals surface area contributed by atoms with Gasteiger partial charge in [0.05, 0.1) is 0 Å². The molecule has 0 fully saturated rings. The summed E-state index contributed by atoms with van der Waals surface area (Å²) in [6.07, 6.45) is 0. The van der Waals surface area contributed by atoms with Gasteiger partial charge in [-0.15, -0.1) is 0 Å². The van der Waals surface area contributed by atoms with Gasteiger partial charge in [0.2, 0.25) is 0 Å². The summed E-state index contributed by atoms with van der Waals surface area (Å²) < 4.78 is 0.324. The number of alkyl halides is 2. The predicted octanol–water partition coefficient (Wildman–Crippen LogP) is -1.44. The Morgan fingerprint density at radius 2 is 2.00 bits per heavy atom. The standard InChI is InChI=1S/C7H15IN/c1-6(2)9-7(3,4)8-5/h9H,1H2,2-5H3/q-1. The van der Waals surface area contributed by atoms with Crippen LogP contribution in [0.4, 0.5) is 0 Å². The average Bonchev–Trinajstić information content (AvgIpc) is 1.63. The molecule has 1 N–H and O–H groups in total.